The van der Waals surface area contributed by atoms with E-state index in [1.165, 1.54) is 5.56 Å². The Kier molecular flexibility index (Phi) is 6.90. The van der Waals surface area contributed by atoms with E-state index in [2.05, 4.69) is 52.5 Å². The van der Waals surface area contributed by atoms with E-state index in [1.807, 2.05) is 22.9 Å². The minimum Gasteiger partial charge on any atom is -0.493 e. The molecule has 2 heterocycles. The third-order valence-electron chi connectivity index (χ3n) is 4.92. The van der Waals surface area contributed by atoms with Gasteiger partial charge >= 0.3 is 0 Å². The van der Waals surface area contributed by atoms with Crippen LogP contribution in [0, 0.1) is 6.92 Å². The van der Waals surface area contributed by atoms with Crippen molar-refractivity contribution in [2.75, 3.05) is 20.2 Å². The molecule has 7 heteroatoms. The average molecular weight is 385 g/mol. The zero-order valence-corrected chi connectivity index (χ0v) is 17.4. The summed E-state index contributed by atoms with van der Waals surface area (Å²) in [7, 11) is 1.81. The first-order valence-corrected chi connectivity index (χ1v) is 10.2. The van der Waals surface area contributed by atoms with Gasteiger partial charge in [-0.25, -0.2) is 9.67 Å². The summed E-state index contributed by atoms with van der Waals surface area (Å²) >= 11 is 0. The van der Waals surface area contributed by atoms with E-state index >= 15 is 0 Å². The number of guanidine groups is 1. The van der Waals surface area contributed by atoms with Crippen molar-refractivity contribution < 1.29 is 4.74 Å². The van der Waals surface area contributed by atoms with Crippen LogP contribution in [0.5, 0.6) is 5.75 Å². The van der Waals surface area contributed by atoms with E-state index in [0.29, 0.717) is 18.6 Å². The summed E-state index contributed by atoms with van der Waals surface area (Å²) in [6, 6.07) is 8.41. The number of ether oxygens (including phenoxy) is 1. The molecular weight excluding hydrogens is 352 g/mol. The van der Waals surface area contributed by atoms with Crippen LogP contribution >= 0.6 is 0 Å². The molecule has 0 saturated heterocycles. The quantitative estimate of drug-likeness (QED) is 0.436. The molecule has 0 spiro atoms. The molecule has 0 fully saturated rings. The third kappa shape index (κ3) is 5.24. The third-order valence-corrected chi connectivity index (χ3v) is 4.92. The van der Waals surface area contributed by atoms with E-state index < -0.39 is 0 Å². The SMILES string of the molecule is CN=C(NCCCOc1ccccc1C)NC1CCc2nc(C(C)C)nn2C1. The Morgan fingerprint density at radius 1 is 1.36 bits per heavy atom. The van der Waals surface area contributed by atoms with Gasteiger partial charge in [0.25, 0.3) is 0 Å². The summed E-state index contributed by atoms with van der Waals surface area (Å²) in [4.78, 5) is 9.00. The van der Waals surface area contributed by atoms with Crippen molar-refractivity contribution in [3.63, 3.8) is 0 Å². The summed E-state index contributed by atoms with van der Waals surface area (Å²) in [6.45, 7) is 8.64. The van der Waals surface area contributed by atoms with Gasteiger partial charge in [-0.05, 0) is 31.4 Å². The fourth-order valence-electron chi connectivity index (χ4n) is 3.26. The molecule has 1 unspecified atom stereocenters. The van der Waals surface area contributed by atoms with Gasteiger partial charge in [0.05, 0.1) is 13.2 Å². The highest BCUT2D eigenvalue weighted by Crippen LogP contribution is 2.17. The molecule has 7 nitrogen and oxygen atoms in total. The summed E-state index contributed by atoms with van der Waals surface area (Å²) < 4.78 is 7.89. The molecule has 0 radical (unpaired) electrons. The lowest BCUT2D eigenvalue weighted by molar-refractivity contribution is 0.309. The molecule has 28 heavy (non-hydrogen) atoms. The van der Waals surface area contributed by atoms with Gasteiger partial charge in [0.1, 0.15) is 11.6 Å². The molecule has 1 atom stereocenters. The molecule has 1 aromatic heterocycles. The van der Waals surface area contributed by atoms with Gasteiger partial charge in [0.15, 0.2) is 11.8 Å². The Labute approximate surface area is 167 Å². The molecule has 1 aliphatic heterocycles. The number of hydrogen-bond acceptors (Lipinski definition) is 4. The fraction of sp³-hybridized carbons (Fsp3) is 0.571. The van der Waals surface area contributed by atoms with Gasteiger partial charge in [-0.2, -0.15) is 5.10 Å². The number of hydrogen-bond donors (Lipinski definition) is 2. The zero-order chi connectivity index (χ0) is 19.9. The maximum Gasteiger partial charge on any atom is 0.191 e. The molecule has 2 N–H and O–H groups in total. The van der Waals surface area contributed by atoms with Crippen molar-refractivity contribution >= 4 is 5.96 Å². The van der Waals surface area contributed by atoms with Crippen LogP contribution in [0.1, 0.15) is 49.8 Å². The van der Waals surface area contributed by atoms with Crippen molar-refractivity contribution in [3.05, 3.63) is 41.5 Å². The second-order valence-electron chi connectivity index (χ2n) is 7.57. The molecule has 0 bridgehead atoms. The average Bonchev–Trinajstić information content (AvgIpc) is 3.12. The van der Waals surface area contributed by atoms with Gasteiger partial charge < -0.3 is 15.4 Å². The minimum absolute atomic E-state index is 0.309. The van der Waals surface area contributed by atoms with E-state index in [4.69, 9.17) is 4.74 Å². The number of aromatic nitrogens is 3. The Bertz CT molecular complexity index is 798. The zero-order valence-electron chi connectivity index (χ0n) is 17.4. The number of nitrogens with zero attached hydrogens (tertiary/aromatic N) is 4. The van der Waals surface area contributed by atoms with Crippen molar-refractivity contribution in [1.29, 1.82) is 0 Å². The highest BCUT2D eigenvalue weighted by molar-refractivity contribution is 5.79. The summed E-state index contributed by atoms with van der Waals surface area (Å²) in [5, 5.41) is 11.5. The number of para-hydroxylation sites is 1. The van der Waals surface area contributed by atoms with Crippen LogP contribution in [0.25, 0.3) is 0 Å². The van der Waals surface area contributed by atoms with Crippen molar-refractivity contribution in [1.82, 2.24) is 25.4 Å². The predicted molar refractivity (Wildman–Crippen MR) is 112 cm³/mol. The topological polar surface area (TPSA) is 76.4 Å². The number of rotatable bonds is 7. The van der Waals surface area contributed by atoms with Gasteiger partial charge in [0, 0.05) is 32.0 Å². The first-order chi connectivity index (χ1) is 13.6. The first kappa shape index (κ1) is 20.2. The van der Waals surface area contributed by atoms with Crippen molar-refractivity contribution in [3.8, 4) is 5.75 Å². The maximum absolute atomic E-state index is 5.84. The molecule has 1 aliphatic rings. The Balaban J connectivity index is 1.40. The largest absolute Gasteiger partial charge is 0.493 e. The summed E-state index contributed by atoms with van der Waals surface area (Å²) in [5.74, 6) is 4.18. The van der Waals surface area contributed by atoms with Crippen LogP contribution in [0.3, 0.4) is 0 Å². The lowest BCUT2D eigenvalue weighted by Gasteiger charge is -2.25. The van der Waals surface area contributed by atoms with Crippen LogP contribution in [-0.2, 0) is 13.0 Å². The second kappa shape index (κ2) is 9.57. The number of aliphatic imine (C=N–C) groups is 1. The van der Waals surface area contributed by atoms with Crippen molar-refractivity contribution in [2.24, 2.45) is 4.99 Å². The lowest BCUT2D eigenvalue weighted by Crippen LogP contribution is -2.47. The highest BCUT2D eigenvalue weighted by Gasteiger charge is 2.23. The van der Waals surface area contributed by atoms with Crippen LogP contribution in [0.15, 0.2) is 29.3 Å². The van der Waals surface area contributed by atoms with Crippen LogP contribution in [-0.4, -0.2) is 47.0 Å². The molecular formula is C21H32N6O. The van der Waals surface area contributed by atoms with Gasteiger partial charge in [-0.1, -0.05) is 32.0 Å². The Morgan fingerprint density at radius 2 is 2.18 bits per heavy atom. The molecule has 1 aromatic carbocycles. The van der Waals surface area contributed by atoms with E-state index in [-0.39, 0.29) is 0 Å². The first-order valence-electron chi connectivity index (χ1n) is 10.2. The van der Waals surface area contributed by atoms with E-state index in [9.17, 15) is 0 Å². The van der Waals surface area contributed by atoms with Crippen molar-refractivity contribution in [2.45, 2.75) is 58.5 Å². The molecule has 0 aliphatic carbocycles. The Hall–Kier alpha value is -2.57. The molecule has 2 aromatic rings. The fourth-order valence-corrected chi connectivity index (χ4v) is 3.26. The predicted octanol–water partition coefficient (Wildman–Crippen LogP) is 2.66. The van der Waals surface area contributed by atoms with Crippen LogP contribution < -0.4 is 15.4 Å². The van der Waals surface area contributed by atoms with Gasteiger partial charge in [-0.15, -0.1) is 0 Å². The monoisotopic (exact) mass is 384 g/mol. The molecule has 0 saturated carbocycles. The summed E-state index contributed by atoms with van der Waals surface area (Å²) in [5.41, 5.74) is 1.17. The van der Waals surface area contributed by atoms with Crippen LogP contribution in [0.4, 0.5) is 0 Å². The normalized spacial score (nSPS) is 16.8. The van der Waals surface area contributed by atoms with Gasteiger partial charge in [0.2, 0.25) is 0 Å². The molecule has 3 rings (SSSR count). The van der Waals surface area contributed by atoms with E-state index in [0.717, 1.165) is 55.7 Å². The standard InChI is InChI=1S/C21H32N6O/c1-15(2)20-25-19-11-10-17(14-27(19)26-20)24-21(22-4)23-12-7-13-28-18-9-6-5-8-16(18)3/h5-6,8-9,15,17H,7,10-14H2,1-4H3,(H2,22,23,24). The molecule has 0 amide bonds. The van der Waals surface area contributed by atoms with Crippen LogP contribution in [0.2, 0.25) is 0 Å². The number of fused-ring (bicyclic) bond motifs is 1. The second-order valence-corrected chi connectivity index (χ2v) is 7.57. The Morgan fingerprint density at radius 3 is 2.93 bits per heavy atom. The smallest absolute Gasteiger partial charge is 0.191 e. The number of aryl methyl sites for hydroxylation is 2. The maximum atomic E-state index is 5.84. The lowest BCUT2D eigenvalue weighted by atomic mass is 10.1. The number of benzene rings is 1. The minimum atomic E-state index is 0.309. The molecule has 152 valence electrons. The summed E-state index contributed by atoms with van der Waals surface area (Å²) in [6.07, 6.45) is 2.89. The van der Waals surface area contributed by atoms with E-state index in [1.54, 1.807) is 7.05 Å². The number of nitrogens with one attached hydrogen (secondary N) is 2. The van der Waals surface area contributed by atoms with Gasteiger partial charge in [-0.3, -0.25) is 4.99 Å². The highest BCUT2D eigenvalue weighted by atomic mass is 16.5.